The number of carbonyl (C=O) groups is 2. The van der Waals surface area contributed by atoms with Crippen LogP contribution in [0.4, 0.5) is 11.6 Å². The SMILES string of the molecule is CC(=O)NCCN(CCCCc1ccc2c(n1)NCCC2)CC[C@H](Nc1cc(-c2ccncc2)ccn1)C(=O)O. The fourth-order valence-electron chi connectivity index (χ4n) is 4.86. The van der Waals surface area contributed by atoms with E-state index < -0.39 is 12.0 Å². The van der Waals surface area contributed by atoms with Gasteiger partial charge in [-0.3, -0.25) is 9.78 Å². The Morgan fingerprint density at radius 1 is 1.05 bits per heavy atom. The molecule has 4 rings (SSSR count). The number of aliphatic carboxylic acids is 1. The summed E-state index contributed by atoms with van der Waals surface area (Å²) in [4.78, 5) is 38.9. The third kappa shape index (κ3) is 9.01. The van der Waals surface area contributed by atoms with Crippen molar-refractivity contribution in [2.45, 2.75) is 51.5 Å². The Kier molecular flexibility index (Phi) is 10.8. The van der Waals surface area contributed by atoms with E-state index in [9.17, 15) is 14.7 Å². The largest absolute Gasteiger partial charge is 0.480 e. The first-order valence-electron chi connectivity index (χ1n) is 14.0. The average Bonchev–Trinajstić information content (AvgIpc) is 2.97. The minimum atomic E-state index is -0.926. The molecule has 1 atom stereocenters. The molecular formula is C30H39N7O3. The summed E-state index contributed by atoms with van der Waals surface area (Å²) >= 11 is 0. The highest BCUT2D eigenvalue weighted by Crippen LogP contribution is 2.22. The molecule has 40 heavy (non-hydrogen) atoms. The zero-order valence-corrected chi connectivity index (χ0v) is 23.1. The first-order chi connectivity index (χ1) is 19.5. The topological polar surface area (TPSA) is 132 Å². The predicted octanol–water partition coefficient (Wildman–Crippen LogP) is 3.61. The highest BCUT2D eigenvalue weighted by Gasteiger charge is 2.20. The number of hydrogen-bond acceptors (Lipinski definition) is 8. The second-order valence-electron chi connectivity index (χ2n) is 10.1. The smallest absolute Gasteiger partial charge is 0.326 e. The molecule has 0 saturated heterocycles. The van der Waals surface area contributed by atoms with Crippen molar-refractivity contribution in [1.29, 1.82) is 0 Å². The normalized spacial score (nSPS) is 13.2. The van der Waals surface area contributed by atoms with Crippen molar-refractivity contribution in [3.63, 3.8) is 0 Å². The molecule has 0 aliphatic carbocycles. The maximum absolute atomic E-state index is 12.1. The molecule has 0 fully saturated rings. The third-order valence-corrected chi connectivity index (χ3v) is 7.04. The molecule has 0 saturated carbocycles. The highest BCUT2D eigenvalue weighted by atomic mass is 16.4. The fraction of sp³-hybridized carbons (Fsp3) is 0.433. The van der Waals surface area contributed by atoms with Crippen molar-refractivity contribution in [2.24, 2.45) is 0 Å². The summed E-state index contributed by atoms with van der Waals surface area (Å²) in [6.45, 7) is 5.05. The van der Waals surface area contributed by atoms with Crippen molar-refractivity contribution < 1.29 is 14.7 Å². The van der Waals surface area contributed by atoms with E-state index in [1.54, 1.807) is 18.6 Å². The number of nitrogens with one attached hydrogen (secondary N) is 3. The second-order valence-corrected chi connectivity index (χ2v) is 10.1. The van der Waals surface area contributed by atoms with E-state index in [0.29, 0.717) is 31.9 Å². The number of nitrogens with zero attached hydrogens (tertiary/aromatic N) is 4. The van der Waals surface area contributed by atoms with Crippen molar-refractivity contribution >= 4 is 23.5 Å². The van der Waals surface area contributed by atoms with E-state index in [4.69, 9.17) is 4.98 Å². The van der Waals surface area contributed by atoms with E-state index in [1.807, 2.05) is 24.3 Å². The van der Waals surface area contributed by atoms with Crippen LogP contribution in [0.25, 0.3) is 11.1 Å². The van der Waals surface area contributed by atoms with E-state index in [1.165, 1.54) is 12.5 Å². The zero-order valence-electron chi connectivity index (χ0n) is 23.1. The molecule has 1 aliphatic rings. The molecule has 3 aromatic heterocycles. The average molecular weight is 546 g/mol. The molecule has 0 aromatic carbocycles. The quantitative estimate of drug-likeness (QED) is 0.211. The number of anilines is 2. The van der Waals surface area contributed by atoms with Gasteiger partial charge in [0.2, 0.25) is 5.91 Å². The van der Waals surface area contributed by atoms with Gasteiger partial charge in [-0.25, -0.2) is 14.8 Å². The molecule has 4 N–H and O–H groups in total. The fourth-order valence-corrected chi connectivity index (χ4v) is 4.86. The van der Waals surface area contributed by atoms with Gasteiger partial charge in [0.25, 0.3) is 0 Å². The Morgan fingerprint density at radius 2 is 1.88 bits per heavy atom. The number of carbonyl (C=O) groups excluding carboxylic acids is 1. The number of carboxylic acid groups (broad SMARTS) is 1. The maximum Gasteiger partial charge on any atom is 0.326 e. The first kappa shape index (κ1) is 28.9. The van der Waals surface area contributed by atoms with Gasteiger partial charge in [0.15, 0.2) is 0 Å². The predicted molar refractivity (Wildman–Crippen MR) is 156 cm³/mol. The van der Waals surface area contributed by atoms with Crippen LogP contribution in [0.5, 0.6) is 0 Å². The number of amides is 1. The monoisotopic (exact) mass is 545 g/mol. The number of fused-ring (bicyclic) bond motifs is 1. The molecule has 212 valence electrons. The van der Waals surface area contributed by atoms with Gasteiger partial charge in [0, 0.05) is 57.4 Å². The number of aryl methyl sites for hydroxylation is 2. The summed E-state index contributed by atoms with van der Waals surface area (Å²) < 4.78 is 0. The summed E-state index contributed by atoms with van der Waals surface area (Å²) in [6, 6.07) is 11.1. The zero-order chi connectivity index (χ0) is 28.2. The van der Waals surface area contributed by atoms with Crippen LogP contribution in [-0.2, 0) is 22.4 Å². The van der Waals surface area contributed by atoms with Crippen LogP contribution in [0.3, 0.4) is 0 Å². The molecule has 0 radical (unpaired) electrons. The lowest BCUT2D eigenvalue weighted by molar-refractivity contribution is -0.138. The summed E-state index contributed by atoms with van der Waals surface area (Å²) in [6.07, 6.45) is 10.6. The molecule has 10 nitrogen and oxygen atoms in total. The Balaban J connectivity index is 1.30. The number of pyridine rings is 3. The van der Waals surface area contributed by atoms with Gasteiger partial charge < -0.3 is 26.0 Å². The number of aromatic nitrogens is 3. The van der Waals surface area contributed by atoms with E-state index in [0.717, 1.165) is 67.8 Å². The lowest BCUT2D eigenvalue weighted by Gasteiger charge is -2.25. The molecule has 3 aromatic rings. The minimum absolute atomic E-state index is 0.0720. The summed E-state index contributed by atoms with van der Waals surface area (Å²) in [5.41, 5.74) is 4.30. The Labute approximate surface area is 235 Å². The number of unbranched alkanes of at least 4 members (excludes halogenated alkanes) is 1. The molecule has 0 unspecified atom stereocenters. The lowest BCUT2D eigenvalue weighted by atomic mass is 10.1. The van der Waals surface area contributed by atoms with E-state index in [2.05, 4.69) is 43.0 Å². The molecule has 1 aliphatic heterocycles. The molecular weight excluding hydrogens is 506 g/mol. The van der Waals surface area contributed by atoms with Crippen molar-refractivity contribution in [3.8, 4) is 11.1 Å². The van der Waals surface area contributed by atoms with Crippen LogP contribution in [0.15, 0.2) is 55.0 Å². The maximum atomic E-state index is 12.1. The lowest BCUT2D eigenvalue weighted by Crippen LogP contribution is -2.39. The second kappa shape index (κ2) is 14.9. The number of rotatable bonds is 15. The van der Waals surface area contributed by atoms with E-state index in [-0.39, 0.29) is 5.91 Å². The number of hydrogen-bond donors (Lipinski definition) is 4. The first-order valence-corrected chi connectivity index (χ1v) is 14.0. The highest BCUT2D eigenvalue weighted by molar-refractivity contribution is 5.77. The molecule has 0 bridgehead atoms. The summed E-state index contributed by atoms with van der Waals surface area (Å²) in [7, 11) is 0. The Hall–Kier alpha value is -4.05. The van der Waals surface area contributed by atoms with E-state index >= 15 is 0 Å². The summed E-state index contributed by atoms with van der Waals surface area (Å²) in [5, 5.41) is 19.3. The van der Waals surface area contributed by atoms with Crippen LogP contribution in [0.2, 0.25) is 0 Å². The van der Waals surface area contributed by atoms with Crippen LogP contribution in [-0.4, -0.2) is 75.6 Å². The van der Waals surface area contributed by atoms with Crippen molar-refractivity contribution in [3.05, 3.63) is 66.2 Å². The standard InChI is InChI=1S/C30H39N7O3/c1-22(38)32-17-20-37(18-3-2-6-26-8-7-24-5-4-13-34-29(24)35-26)19-12-27(30(39)40)36-28-21-25(11-16-33-28)23-9-14-31-15-10-23/h7-11,14-16,21,27H,2-6,12-13,17-20H2,1H3,(H,32,38)(H,33,36)(H,34,35)(H,39,40)/t27-/m0/s1. The Morgan fingerprint density at radius 3 is 2.67 bits per heavy atom. The minimum Gasteiger partial charge on any atom is -0.480 e. The van der Waals surface area contributed by atoms with Crippen LogP contribution in [0, 0.1) is 0 Å². The Bertz CT molecular complexity index is 1260. The molecule has 4 heterocycles. The molecule has 0 spiro atoms. The molecule has 1 amide bonds. The van der Waals surface area contributed by atoms with Gasteiger partial charge in [-0.15, -0.1) is 0 Å². The van der Waals surface area contributed by atoms with Gasteiger partial charge in [0.1, 0.15) is 17.7 Å². The molecule has 10 heteroatoms. The number of carboxylic acids is 1. The van der Waals surface area contributed by atoms with Gasteiger partial charge in [-0.1, -0.05) is 6.07 Å². The van der Waals surface area contributed by atoms with Gasteiger partial charge in [-0.2, -0.15) is 0 Å². The van der Waals surface area contributed by atoms with Crippen LogP contribution < -0.4 is 16.0 Å². The van der Waals surface area contributed by atoms with Crippen LogP contribution in [0.1, 0.15) is 43.9 Å². The third-order valence-electron chi connectivity index (χ3n) is 7.04. The van der Waals surface area contributed by atoms with Gasteiger partial charge >= 0.3 is 5.97 Å². The van der Waals surface area contributed by atoms with Crippen LogP contribution >= 0.6 is 0 Å². The van der Waals surface area contributed by atoms with Gasteiger partial charge in [0.05, 0.1) is 0 Å². The van der Waals surface area contributed by atoms with Crippen molar-refractivity contribution in [2.75, 3.05) is 43.4 Å². The summed E-state index contributed by atoms with van der Waals surface area (Å²) in [5.74, 6) is 0.537. The van der Waals surface area contributed by atoms with Crippen molar-refractivity contribution in [1.82, 2.24) is 25.2 Å². The van der Waals surface area contributed by atoms with Gasteiger partial charge in [-0.05, 0) is 92.1 Å².